The fourth-order valence-electron chi connectivity index (χ4n) is 1.89. The monoisotopic (exact) mass is 241 g/mol. The van der Waals surface area contributed by atoms with Gasteiger partial charge in [-0.15, -0.1) is 0 Å². The molecule has 0 bridgehead atoms. The number of unbranched alkanes of at least 4 members (excludes halogenated alkanes) is 6. The highest BCUT2D eigenvalue weighted by molar-refractivity contribution is 5.23. The summed E-state index contributed by atoms with van der Waals surface area (Å²) in [4.78, 5) is 0. The van der Waals surface area contributed by atoms with E-state index in [0.29, 0.717) is 0 Å². The van der Waals surface area contributed by atoms with Gasteiger partial charge in [-0.1, -0.05) is 87.6 Å². The number of hydrogen-bond donors (Lipinski definition) is 0. The Hall–Kier alpha value is -1.30. The first kappa shape index (κ1) is 14.8. The summed E-state index contributed by atoms with van der Waals surface area (Å²) in [7, 11) is 0. The van der Waals surface area contributed by atoms with Gasteiger partial charge in [0.1, 0.15) is 0 Å². The SMILES string of the molecule is CCCCCCCC/C=C/C=[C]\c1ccccc1. The molecule has 97 valence electrons. The van der Waals surface area contributed by atoms with Crippen LogP contribution in [0.5, 0.6) is 0 Å². The molecule has 0 atom stereocenters. The van der Waals surface area contributed by atoms with Crippen LogP contribution >= 0.6 is 0 Å². The summed E-state index contributed by atoms with van der Waals surface area (Å²) in [5, 5.41) is 0. The minimum Gasteiger partial charge on any atom is -0.0845 e. The van der Waals surface area contributed by atoms with Crippen LogP contribution < -0.4 is 0 Å². The van der Waals surface area contributed by atoms with Crippen LogP contribution in [0.25, 0.3) is 0 Å². The highest BCUT2D eigenvalue weighted by Gasteiger charge is 1.87. The van der Waals surface area contributed by atoms with Gasteiger partial charge in [-0.05, 0) is 24.5 Å². The molecular formula is C18H25. The summed E-state index contributed by atoms with van der Waals surface area (Å²) >= 11 is 0. The average Bonchev–Trinajstić information content (AvgIpc) is 2.42. The predicted octanol–water partition coefficient (Wildman–Crippen LogP) is 5.70. The maximum absolute atomic E-state index is 3.25. The summed E-state index contributed by atoms with van der Waals surface area (Å²) in [6.07, 6.45) is 19.0. The molecule has 1 rings (SSSR count). The molecule has 0 aromatic heterocycles. The van der Waals surface area contributed by atoms with E-state index in [1.165, 1.54) is 44.9 Å². The Balaban J connectivity index is 2.02. The zero-order chi connectivity index (χ0) is 12.9. The molecule has 0 aliphatic carbocycles. The fourth-order valence-corrected chi connectivity index (χ4v) is 1.89. The van der Waals surface area contributed by atoms with E-state index in [0.717, 1.165) is 5.56 Å². The molecule has 0 nitrogen and oxygen atoms in total. The first-order valence-electron chi connectivity index (χ1n) is 7.23. The molecule has 0 aliphatic heterocycles. The molecule has 0 amide bonds. The molecule has 0 heteroatoms. The van der Waals surface area contributed by atoms with Crippen molar-refractivity contribution in [3.05, 3.63) is 60.2 Å². The van der Waals surface area contributed by atoms with Crippen molar-refractivity contribution in [2.45, 2.75) is 51.9 Å². The van der Waals surface area contributed by atoms with Crippen molar-refractivity contribution in [2.75, 3.05) is 0 Å². The average molecular weight is 241 g/mol. The molecule has 0 saturated carbocycles. The van der Waals surface area contributed by atoms with E-state index in [4.69, 9.17) is 0 Å². The third-order valence-electron chi connectivity index (χ3n) is 2.98. The van der Waals surface area contributed by atoms with E-state index < -0.39 is 0 Å². The van der Waals surface area contributed by atoms with Gasteiger partial charge >= 0.3 is 0 Å². The molecule has 1 aromatic carbocycles. The van der Waals surface area contributed by atoms with E-state index >= 15 is 0 Å². The number of allylic oxidation sites excluding steroid dienone is 3. The number of hydrogen-bond acceptors (Lipinski definition) is 0. The lowest BCUT2D eigenvalue weighted by Gasteiger charge is -1.97. The molecule has 0 unspecified atom stereocenters. The van der Waals surface area contributed by atoms with E-state index in [1.54, 1.807) is 0 Å². The van der Waals surface area contributed by atoms with E-state index in [-0.39, 0.29) is 0 Å². The van der Waals surface area contributed by atoms with Gasteiger partial charge in [0, 0.05) is 0 Å². The second-order valence-corrected chi connectivity index (χ2v) is 4.66. The lowest BCUT2D eigenvalue weighted by molar-refractivity contribution is 0.611. The first-order valence-corrected chi connectivity index (χ1v) is 7.23. The highest BCUT2D eigenvalue weighted by atomic mass is 13.9. The maximum Gasteiger partial charge on any atom is -0.0106 e. The third-order valence-corrected chi connectivity index (χ3v) is 2.98. The van der Waals surface area contributed by atoms with Crippen LogP contribution in [0.4, 0.5) is 0 Å². The molecule has 18 heavy (non-hydrogen) atoms. The van der Waals surface area contributed by atoms with E-state index in [1.807, 2.05) is 24.3 Å². The van der Waals surface area contributed by atoms with Crippen molar-refractivity contribution in [2.24, 2.45) is 0 Å². The molecule has 0 fully saturated rings. The van der Waals surface area contributed by atoms with Gasteiger partial charge in [-0.2, -0.15) is 0 Å². The van der Waals surface area contributed by atoms with Gasteiger partial charge in [-0.3, -0.25) is 0 Å². The van der Waals surface area contributed by atoms with Gasteiger partial charge in [-0.25, -0.2) is 0 Å². The second kappa shape index (κ2) is 10.8. The van der Waals surface area contributed by atoms with Crippen LogP contribution in [0.3, 0.4) is 0 Å². The maximum atomic E-state index is 3.25. The summed E-state index contributed by atoms with van der Waals surface area (Å²) < 4.78 is 0. The standard InChI is InChI=1S/C18H25/c1-2-3-4-5-6-7-8-9-10-12-15-18-16-13-11-14-17-18/h9-14,16-17H,2-8H2,1H3/b10-9+,15-12?. The zero-order valence-electron chi connectivity index (χ0n) is 11.6. The Morgan fingerprint density at radius 2 is 1.67 bits per heavy atom. The predicted molar refractivity (Wildman–Crippen MR) is 80.5 cm³/mol. The first-order chi connectivity index (χ1) is 8.93. The minimum atomic E-state index is 1.14. The van der Waals surface area contributed by atoms with Gasteiger partial charge in [0.2, 0.25) is 0 Å². The molecule has 0 saturated heterocycles. The van der Waals surface area contributed by atoms with E-state index in [9.17, 15) is 0 Å². The smallest absolute Gasteiger partial charge is 0.0106 e. The van der Waals surface area contributed by atoms with Crippen molar-refractivity contribution < 1.29 is 0 Å². The third kappa shape index (κ3) is 7.89. The van der Waals surface area contributed by atoms with Gasteiger partial charge < -0.3 is 0 Å². The second-order valence-electron chi connectivity index (χ2n) is 4.66. The number of benzene rings is 1. The molecule has 1 radical (unpaired) electrons. The Bertz CT molecular complexity index is 332. The topological polar surface area (TPSA) is 0 Å². The van der Waals surface area contributed by atoms with Crippen molar-refractivity contribution in [1.29, 1.82) is 0 Å². The van der Waals surface area contributed by atoms with Crippen LogP contribution in [-0.4, -0.2) is 0 Å². The van der Waals surface area contributed by atoms with Gasteiger partial charge in [0.15, 0.2) is 0 Å². The number of rotatable bonds is 9. The molecule has 0 aliphatic rings. The summed E-state index contributed by atoms with van der Waals surface area (Å²) in [6, 6.07) is 10.2. The van der Waals surface area contributed by atoms with Crippen LogP contribution in [0.1, 0.15) is 57.4 Å². The van der Waals surface area contributed by atoms with Crippen LogP contribution in [0.15, 0.2) is 48.6 Å². The lowest BCUT2D eigenvalue weighted by atomic mass is 10.1. The minimum absolute atomic E-state index is 1.14. The quantitative estimate of drug-likeness (QED) is 0.384. The van der Waals surface area contributed by atoms with Crippen molar-refractivity contribution in [3.8, 4) is 0 Å². The Labute approximate surface area is 112 Å². The normalized spacial score (nSPS) is 11.6. The zero-order valence-corrected chi connectivity index (χ0v) is 11.6. The molecule has 1 aromatic rings. The molecule has 0 heterocycles. The Morgan fingerprint density at radius 3 is 2.44 bits per heavy atom. The Morgan fingerprint density at radius 1 is 0.944 bits per heavy atom. The summed E-state index contributed by atoms with van der Waals surface area (Å²) in [5.41, 5.74) is 1.14. The summed E-state index contributed by atoms with van der Waals surface area (Å²) in [6.45, 7) is 2.26. The van der Waals surface area contributed by atoms with Crippen molar-refractivity contribution in [1.82, 2.24) is 0 Å². The van der Waals surface area contributed by atoms with E-state index in [2.05, 4.69) is 37.3 Å². The summed E-state index contributed by atoms with van der Waals surface area (Å²) in [5.74, 6) is 0. The fraction of sp³-hybridized carbons (Fsp3) is 0.444. The molecule has 0 spiro atoms. The highest BCUT2D eigenvalue weighted by Crippen LogP contribution is 2.07. The van der Waals surface area contributed by atoms with Crippen molar-refractivity contribution >= 4 is 0 Å². The van der Waals surface area contributed by atoms with Gasteiger partial charge in [0.05, 0.1) is 0 Å². The van der Waals surface area contributed by atoms with Crippen LogP contribution in [0.2, 0.25) is 0 Å². The van der Waals surface area contributed by atoms with Crippen LogP contribution in [-0.2, 0) is 0 Å². The van der Waals surface area contributed by atoms with Crippen LogP contribution in [0, 0.1) is 6.08 Å². The molecular weight excluding hydrogens is 216 g/mol. The van der Waals surface area contributed by atoms with Gasteiger partial charge in [0.25, 0.3) is 0 Å². The lowest BCUT2D eigenvalue weighted by Crippen LogP contribution is -1.77. The molecule has 0 N–H and O–H groups in total. The Kier molecular flexibility index (Phi) is 8.88. The van der Waals surface area contributed by atoms with Crippen molar-refractivity contribution in [3.63, 3.8) is 0 Å². The largest absolute Gasteiger partial charge is 0.0845 e.